The lowest BCUT2D eigenvalue weighted by Gasteiger charge is -2.23. The molecule has 0 bridgehead atoms. The van der Waals surface area contributed by atoms with Crippen LogP contribution in [0.4, 0.5) is 4.79 Å². The Kier molecular flexibility index (Phi) is 6.66. The maximum atomic E-state index is 12.4. The molecule has 1 heterocycles. The first kappa shape index (κ1) is 18.3. The molecule has 0 unspecified atom stereocenters. The molecule has 0 aliphatic heterocycles. The monoisotopic (exact) mass is 347 g/mol. The zero-order valence-electron chi connectivity index (χ0n) is 14.7. The predicted octanol–water partition coefficient (Wildman–Crippen LogP) is 3.31. The number of hydrogen-bond donors (Lipinski definition) is 2. The Morgan fingerprint density at radius 3 is 2.62 bits per heavy atom. The molecule has 2 amide bonds. The smallest absolute Gasteiger partial charge is 0.317 e. The molecule has 0 saturated heterocycles. The highest BCUT2D eigenvalue weighted by Gasteiger charge is 2.17. The van der Waals surface area contributed by atoms with Crippen LogP contribution in [0.15, 0.2) is 29.2 Å². The van der Waals surface area contributed by atoms with E-state index < -0.39 is 0 Å². The number of aromatic nitrogens is 3. The Balaban J connectivity index is 1.81. The Labute approximate surface area is 147 Å². The highest BCUT2D eigenvalue weighted by Crippen LogP contribution is 2.18. The minimum Gasteiger partial charge on any atom is -0.328 e. The summed E-state index contributed by atoms with van der Waals surface area (Å²) in [5.74, 6) is 2.21. The fourth-order valence-corrected chi connectivity index (χ4v) is 3.08. The average molecular weight is 347 g/mol. The molecule has 0 radical (unpaired) electrons. The number of thioether (sulfide) groups is 1. The molecule has 7 heteroatoms. The van der Waals surface area contributed by atoms with Crippen molar-refractivity contribution in [3.8, 4) is 0 Å². The lowest BCUT2D eigenvalue weighted by molar-refractivity contribution is 0.200. The second-order valence-corrected chi connectivity index (χ2v) is 6.86. The average Bonchev–Trinajstić information content (AvgIpc) is 3.00. The molecule has 2 N–H and O–H groups in total. The number of hydrogen-bond acceptors (Lipinski definition) is 4. The van der Waals surface area contributed by atoms with E-state index in [9.17, 15) is 4.79 Å². The van der Waals surface area contributed by atoms with Crippen LogP contribution in [0.5, 0.6) is 0 Å². The molecule has 1 aromatic heterocycles. The van der Waals surface area contributed by atoms with E-state index in [-0.39, 0.29) is 12.1 Å². The third-order valence-electron chi connectivity index (χ3n) is 3.66. The van der Waals surface area contributed by atoms with Crippen LogP contribution in [0.3, 0.4) is 0 Å². The van der Waals surface area contributed by atoms with Gasteiger partial charge in [-0.15, -0.1) is 11.8 Å². The maximum Gasteiger partial charge on any atom is 0.317 e. The van der Waals surface area contributed by atoms with Crippen molar-refractivity contribution in [1.29, 1.82) is 0 Å². The van der Waals surface area contributed by atoms with Gasteiger partial charge in [0, 0.05) is 23.7 Å². The predicted molar refractivity (Wildman–Crippen MR) is 97.2 cm³/mol. The summed E-state index contributed by atoms with van der Waals surface area (Å²) < 4.78 is 0. The van der Waals surface area contributed by atoms with Gasteiger partial charge in [0.15, 0.2) is 5.82 Å². The number of rotatable bonds is 7. The molecule has 0 aliphatic carbocycles. The minimum absolute atomic E-state index is 0.0861. The molecule has 2 rings (SSSR count). The van der Waals surface area contributed by atoms with Crippen LogP contribution in [-0.2, 0) is 0 Å². The van der Waals surface area contributed by atoms with E-state index >= 15 is 0 Å². The summed E-state index contributed by atoms with van der Waals surface area (Å²) in [7, 11) is 0. The van der Waals surface area contributed by atoms with Crippen molar-refractivity contribution in [2.45, 2.75) is 38.6 Å². The van der Waals surface area contributed by atoms with Crippen LogP contribution in [0.2, 0.25) is 0 Å². The van der Waals surface area contributed by atoms with Gasteiger partial charge in [-0.3, -0.25) is 5.10 Å². The number of carbonyl (C=O) groups excluding carboxylic acids is 1. The normalized spacial score (nSPS) is 12.0. The van der Waals surface area contributed by atoms with Gasteiger partial charge in [-0.2, -0.15) is 5.10 Å². The third-order valence-corrected chi connectivity index (χ3v) is 4.65. The summed E-state index contributed by atoms with van der Waals surface area (Å²) in [5.41, 5.74) is 1.25. The van der Waals surface area contributed by atoms with Gasteiger partial charge in [-0.1, -0.05) is 17.7 Å². The third kappa shape index (κ3) is 5.26. The lowest BCUT2D eigenvalue weighted by atomic mass is 10.2. The number of urea groups is 1. The zero-order chi connectivity index (χ0) is 17.5. The molecule has 0 aliphatic rings. The highest BCUT2D eigenvalue weighted by molar-refractivity contribution is 7.99. The van der Waals surface area contributed by atoms with E-state index in [1.807, 2.05) is 20.8 Å². The molecule has 6 nitrogen and oxygen atoms in total. The Bertz CT molecular complexity index is 655. The van der Waals surface area contributed by atoms with E-state index in [0.717, 1.165) is 11.6 Å². The van der Waals surface area contributed by atoms with Crippen LogP contribution in [-0.4, -0.2) is 45.0 Å². The minimum atomic E-state index is -0.221. The van der Waals surface area contributed by atoms with Crippen LogP contribution < -0.4 is 5.32 Å². The summed E-state index contributed by atoms with van der Waals surface area (Å²) in [4.78, 5) is 19.7. The van der Waals surface area contributed by atoms with Gasteiger partial charge in [0.1, 0.15) is 5.82 Å². The van der Waals surface area contributed by atoms with E-state index in [2.05, 4.69) is 51.7 Å². The Morgan fingerprint density at radius 2 is 2.04 bits per heavy atom. The molecule has 1 aromatic carbocycles. The fourth-order valence-electron chi connectivity index (χ4n) is 2.21. The van der Waals surface area contributed by atoms with Crippen molar-refractivity contribution >= 4 is 17.8 Å². The first-order valence-electron chi connectivity index (χ1n) is 8.13. The Morgan fingerprint density at radius 1 is 1.33 bits per heavy atom. The summed E-state index contributed by atoms with van der Waals surface area (Å²) >= 11 is 1.76. The quantitative estimate of drug-likeness (QED) is 0.754. The van der Waals surface area contributed by atoms with Gasteiger partial charge in [-0.05, 0) is 39.8 Å². The second kappa shape index (κ2) is 8.73. The zero-order valence-corrected chi connectivity index (χ0v) is 15.5. The van der Waals surface area contributed by atoms with Gasteiger partial charge >= 0.3 is 6.03 Å². The van der Waals surface area contributed by atoms with E-state index in [1.54, 1.807) is 16.7 Å². The van der Waals surface area contributed by atoms with Gasteiger partial charge in [0.2, 0.25) is 0 Å². The van der Waals surface area contributed by atoms with Crippen molar-refractivity contribution < 1.29 is 4.79 Å². The first-order chi connectivity index (χ1) is 11.5. The maximum absolute atomic E-state index is 12.4. The summed E-state index contributed by atoms with van der Waals surface area (Å²) in [6, 6.07) is 8.13. The molecule has 0 saturated carbocycles. The molecular formula is C17H25N5OS. The summed E-state index contributed by atoms with van der Waals surface area (Å²) in [6.07, 6.45) is 0. The summed E-state index contributed by atoms with van der Waals surface area (Å²) in [6.45, 7) is 9.15. The highest BCUT2D eigenvalue weighted by atomic mass is 32.2. The van der Waals surface area contributed by atoms with Crippen molar-refractivity contribution in [3.05, 3.63) is 41.5 Å². The molecule has 2 aromatic rings. The number of aromatic amines is 1. The molecule has 1 atom stereocenters. The standard InChI is InChI=1S/C17H25N5OS/c1-5-22(10-11-24-15-8-6-12(2)7-9-15)17(23)18-13(3)16-19-14(4)20-21-16/h6-9,13H,5,10-11H2,1-4H3,(H,18,23)(H,19,20,21)/t13-/m1/s1. The largest absolute Gasteiger partial charge is 0.328 e. The number of nitrogens with zero attached hydrogens (tertiary/aromatic N) is 3. The van der Waals surface area contributed by atoms with Gasteiger partial charge in [0.05, 0.1) is 6.04 Å². The van der Waals surface area contributed by atoms with Crippen molar-refractivity contribution in [2.75, 3.05) is 18.8 Å². The van der Waals surface area contributed by atoms with Crippen molar-refractivity contribution in [3.63, 3.8) is 0 Å². The number of aryl methyl sites for hydroxylation is 2. The lowest BCUT2D eigenvalue weighted by Crippen LogP contribution is -2.42. The van der Waals surface area contributed by atoms with Crippen LogP contribution in [0.25, 0.3) is 0 Å². The number of amides is 2. The number of H-pyrrole nitrogens is 1. The molecule has 0 fully saturated rings. The number of nitrogens with one attached hydrogen (secondary N) is 2. The molecular weight excluding hydrogens is 322 g/mol. The molecule has 0 spiro atoms. The van der Waals surface area contributed by atoms with Crippen molar-refractivity contribution in [1.82, 2.24) is 25.4 Å². The van der Waals surface area contributed by atoms with E-state index in [4.69, 9.17) is 0 Å². The second-order valence-electron chi connectivity index (χ2n) is 5.69. The molecule has 130 valence electrons. The van der Waals surface area contributed by atoms with Gasteiger partial charge < -0.3 is 10.2 Å². The first-order valence-corrected chi connectivity index (χ1v) is 9.12. The van der Waals surface area contributed by atoms with Gasteiger partial charge in [-0.25, -0.2) is 9.78 Å². The Hall–Kier alpha value is -2.02. The fraction of sp³-hybridized carbons (Fsp3) is 0.471. The van der Waals surface area contributed by atoms with E-state index in [0.29, 0.717) is 18.9 Å². The van der Waals surface area contributed by atoms with Crippen LogP contribution in [0, 0.1) is 13.8 Å². The van der Waals surface area contributed by atoms with Crippen LogP contribution >= 0.6 is 11.8 Å². The van der Waals surface area contributed by atoms with Gasteiger partial charge in [0.25, 0.3) is 0 Å². The molecule has 24 heavy (non-hydrogen) atoms. The number of carbonyl (C=O) groups is 1. The summed E-state index contributed by atoms with van der Waals surface area (Å²) in [5, 5.41) is 9.83. The number of benzene rings is 1. The van der Waals surface area contributed by atoms with Crippen molar-refractivity contribution in [2.24, 2.45) is 0 Å². The van der Waals surface area contributed by atoms with Crippen LogP contribution in [0.1, 0.15) is 37.1 Å². The SMILES string of the molecule is CCN(CCSc1ccc(C)cc1)C(=O)N[C@H](C)c1n[nH]c(C)n1. The van der Waals surface area contributed by atoms with E-state index in [1.165, 1.54) is 10.5 Å². The topological polar surface area (TPSA) is 73.9 Å².